The van der Waals surface area contributed by atoms with Crippen LogP contribution in [0.25, 0.3) is 0 Å². The lowest BCUT2D eigenvalue weighted by Crippen LogP contribution is -2.26. The largest absolute Gasteiger partial charge is 0.305 e. The molecular weight excluding hydrogens is 289 g/mol. The van der Waals surface area contributed by atoms with Gasteiger partial charge in [-0.1, -0.05) is 37.6 Å². The molecule has 1 aromatic carbocycles. The molecule has 0 fully saturated rings. The van der Waals surface area contributed by atoms with Gasteiger partial charge in [-0.15, -0.1) is 0 Å². The first-order valence-corrected chi connectivity index (χ1v) is 7.75. The van der Waals surface area contributed by atoms with Gasteiger partial charge in [-0.3, -0.25) is 4.68 Å². The fourth-order valence-electron chi connectivity index (χ4n) is 2.40. The smallest absolute Gasteiger partial charge is 0.123 e. The number of rotatable bonds is 7. The van der Waals surface area contributed by atoms with Crippen LogP contribution in [0.3, 0.4) is 0 Å². The van der Waals surface area contributed by atoms with E-state index in [4.69, 9.17) is 11.6 Å². The van der Waals surface area contributed by atoms with Crippen molar-refractivity contribution in [3.05, 3.63) is 52.6 Å². The van der Waals surface area contributed by atoms with Crippen molar-refractivity contribution in [3.63, 3.8) is 0 Å². The molecule has 0 saturated carbocycles. The molecule has 2 rings (SSSR count). The third-order valence-corrected chi connectivity index (χ3v) is 3.61. The molecule has 3 nitrogen and oxygen atoms in total. The summed E-state index contributed by atoms with van der Waals surface area (Å²) in [6.45, 7) is 5.81. The molecule has 0 bridgehead atoms. The number of hydrogen-bond donors (Lipinski definition) is 1. The molecule has 0 saturated heterocycles. The molecule has 5 heteroatoms. The Bertz CT molecular complexity index is 583. The summed E-state index contributed by atoms with van der Waals surface area (Å²) in [6.07, 6.45) is 3.62. The van der Waals surface area contributed by atoms with Crippen LogP contribution < -0.4 is 5.32 Å². The van der Waals surface area contributed by atoms with Crippen LogP contribution in [0.2, 0.25) is 5.02 Å². The molecule has 1 heterocycles. The van der Waals surface area contributed by atoms with Crippen molar-refractivity contribution in [2.45, 2.75) is 39.3 Å². The molecule has 0 aliphatic rings. The van der Waals surface area contributed by atoms with Crippen molar-refractivity contribution in [1.82, 2.24) is 15.1 Å². The van der Waals surface area contributed by atoms with E-state index in [9.17, 15) is 4.39 Å². The van der Waals surface area contributed by atoms with Gasteiger partial charge in [0, 0.05) is 6.54 Å². The lowest BCUT2D eigenvalue weighted by molar-refractivity contribution is 0.509. The Morgan fingerprint density at radius 3 is 2.81 bits per heavy atom. The van der Waals surface area contributed by atoms with Gasteiger partial charge < -0.3 is 5.32 Å². The van der Waals surface area contributed by atoms with Crippen molar-refractivity contribution in [1.29, 1.82) is 0 Å². The lowest BCUT2D eigenvalue weighted by atomic mass is 10.0. The SMILES string of the molecule is CCCNC(c1cccc(F)c1)c1c(Cl)cnn1CCC. The fraction of sp³-hybridized carbons (Fsp3) is 0.438. The van der Waals surface area contributed by atoms with Crippen molar-refractivity contribution < 1.29 is 4.39 Å². The minimum absolute atomic E-state index is 0.151. The molecule has 2 aromatic rings. The number of benzene rings is 1. The van der Waals surface area contributed by atoms with Crippen LogP contribution in [0.4, 0.5) is 4.39 Å². The number of nitrogens with zero attached hydrogens (tertiary/aromatic N) is 2. The lowest BCUT2D eigenvalue weighted by Gasteiger charge is -2.21. The topological polar surface area (TPSA) is 29.9 Å². The van der Waals surface area contributed by atoms with Gasteiger partial charge in [0.25, 0.3) is 0 Å². The summed E-state index contributed by atoms with van der Waals surface area (Å²) in [5, 5.41) is 8.39. The summed E-state index contributed by atoms with van der Waals surface area (Å²) in [4.78, 5) is 0. The minimum Gasteiger partial charge on any atom is -0.305 e. The standard InChI is InChI=1S/C16H21ClFN3/c1-3-8-19-15(12-6-5-7-13(18)10-12)16-14(17)11-20-21(16)9-4-2/h5-7,10-11,15,19H,3-4,8-9H2,1-2H3. The molecule has 114 valence electrons. The Morgan fingerprint density at radius 1 is 1.33 bits per heavy atom. The van der Waals surface area contributed by atoms with Gasteiger partial charge in [-0.2, -0.15) is 5.10 Å². The molecule has 21 heavy (non-hydrogen) atoms. The van der Waals surface area contributed by atoms with Gasteiger partial charge in [0.1, 0.15) is 5.82 Å². The first kappa shape index (κ1) is 16.0. The second-order valence-corrected chi connectivity index (χ2v) is 5.45. The van der Waals surface area contributed by atoms with E-state index in [-0.39, 0.29) is 11.9 Å². The summed E-state index contributed by atoms with van der Waals surface area (Å²) in [5.74, 6) is -0.242. The maximum atomic E-state index is 13.6. The monoisotopic (exact) mass is 309 g/mol. The van der Waals surface area contributed by atoms with Crippen LogP contribution in [-0.4, -0.2) is 16.3 Å². The number of nitrogens with one attached hydrogen (secondary N) is 1. The van der Waals surface area contributed by atoms with E-state index in [0.29, 0.717) is 5.02 Å². The number of aryl methyl sites for hydroxylation is 1. The third-order valence-electron chi connectivity index (χ3n) is 3.32. The number of aromatic nitrogens is 2. The minimum atomic E-state index is -0.242. The van der Waals surface area contributed by atoms with Gasteiger partial charge in [0.2, 0.25) is 0 Å². The van der Waals surface area contributed by atoms with Crippen LogP contribution in [0.15, 0.2) is 30.5 Å². The van der Waals surface area contributed by atoms with Crippen molar-refractivity contribution in [2.24, 2.45) is 0 Å². The average Bonchev–Trinajstić information content (AvgIpc) is 2.82. The molecule has 1 unspecified atom stereocenters. The van der Waals surface area contributed by atoms with Crippen LogP contribution in [0, 0.1) is 5.82 Å². The zero-order valence-corrected chi connectivity index (χ0v) is 13.2. The number of halogens is 2. The molecule has 0 spiro atoms. The molecule has 1 aromatic heterocycles. The molecule has 1 atom stereocenters. The summed E-state index contributed by atoms with van der Waals surface area (Å²) in [5.41, 5.74) is 1.76. The Labute approximate surface area is 130 Å². The average molecular weight is 310 g/mol. The van der Waals surface area contributed by atoms with E-state index in [2.05, 4.69) is 24.3 Å². The first-order valence-electron chi connectivity index (χ1n) is 7.37. The fourth-order valence-corrected chi connectivity index (χ4v) is 2.65. The quantitative estimate of drug-likeness (QED) is 0.831. The zero-order chi connectivity index (χ0) is 15.2. The second kappa shape index (κ2) is 7.57. The van der Waals surface area contributed by atoms with Crippen LogP contribution in [0.1, 0.15) is 44.0 Å². The second-order valence-electron chi connectivity index (χ2n) is 5.04. The molecule has 0 aliphatic carbocycles. The summed E-state index contributed by atoms with van der Waals surface area (Å²) in [7, 11) is 0. The van der Waals surface area contributed by atoms with Gasteiger partial charge in [-0.05, 0) is 37.1 Å². The van der Waals surface area contributed by atoms with E-state index >= 15 is 0 Å². The van der Waals surface area contributed by atoms with E-state index in [0.717, 1.165) is 37.2 Å². The Hall–Kier alpha value is -1.39. The van der Waals surface area contributed by atoms with E-state index < -0.39 is 0 Å². The Morgan fingerprint density at radius 2 is 2.14 bits per heavy atom. The van der Waals surface area contributed by atoms with E-state index in [1.165, 1.54) is 6.07 Å². The molecule has 0 radical (unpaired) electrons. The summed E-state index contributed by atoms with van der Waals surface area (Å²) in [6, 6.07) is 6.48. The third kappa shape index (κ3) is 3.83. The van der Waals surface area contributed by atoms with Crippen LogP contribution >= 0.6 is 11.6 Å². The van der Waals surface area contributed by atoms with E-state index in [1.54, 1.807) is 18.3 Å². The Balaban J connectivity index is 2.42. The first-order chi connectivity index (χ1) is 10.2. The molecule has 1 N–H and O–H groups in total. The Kier molecular flexibility index (Phi) is 5.76. The maximum Gasteiger partial charge on any atom is 0.123 e. The highest BCUT2D eigenvalue weighted by molar-refractivity contribution is 6.31. The van der Waals surface area contributed by atoms with Crippen molar-refractivity contribution in [3.8, 4) is 0 Å². The van der Waals surface area contributed by atoms with E-state index in [1.807, 2.05) is 10.7 Å². The molecule has 0 aliphatic heterocycles. The predicted molar refractivity (Wildman–Crippen MR) is 84.1 cm³/mol. The van der Waals surface area contributed by atoms with Crippen molar-refractivity contribution >= 4 is 11.6 Å². The van der Waals surface area contributed by atoms with Gasteiger partial charge in [-0.25, -0.2) is 4.39 Å². The van der Waals surface area contributed by atoms with Crippen molar-refractivity contribution in [2.75, 3.05) is 6.54 Å². The van der Waals surface area contributed by atoms with Crippen LogP contribution in [0.5, 0.6) is 0 Å². The van der Waals surface area contributed by atoms with Gasteiger partial charge in [0.15, 0.2) is 0 Å². The highest BCUT2D eigenvalue weighted by atomic mass is 35.5. The van der Waals surface area contributed by atoms with Gasteiger partial charge in [0.05, 0.1) is 23.0 Å². The highest BCUT2D eigenvalue weighted by Gasteiger charge is 2.21. The highest BCUT2D eigenvalue weighted by Crippen LogP contribution is 2.29. The predicted octanol–water partition coefficient (Wildman–Crippen LogP) is 4.17. The zero-order valence-electron chi connectivity index (χ0n) is 12.4. The van der Waals surface area contributed by atoms with Gasteiger partial charge >= 0.3 is 0 Å². The maximum absolute atomic E-state index is 13.6. The number of hydrogen-bond acceptors (Lipinski definition) is 2. The van der Waals surface area contributed by atoms with Crippen LogP contribution in [-0.2, 0) is 6.54 Å². The normalized spacial score (nSPS) is 12.6. The summed E-state index contributed by atoms with van der Waals surface area (Å²) < 4.78 is 15.5. The summed E-state index contributed by atoms with van der Waals surface area (Å²) >= 11 is 6.33. The molecular formula is C16H21ClFN3. The molecule has 0 amide bonds.